The summed E-state index contributed by atoms with van der Waals surface area (Å²) >= 11 is 0. The molecule has 2 aliphatic heterocycles. The standard InChI is InChI=1S/C24H31N7O6/c1-14-21(33)25-10-17-11-31(24-27-15(2)37-29-24)12-19(36-17)22(34)28-18(9-16-7-5-4-6-8-16)23(35)30(3)13-20(32)26-14/h4-8,14,17-19H,9-13H2,1-3H3,(H,25,33)(H,26,32)(H,28,34)/t14-,17+,18-,19-/m1/s1. The van der Waals surface area contributed by atoms with Crippen LogP contribution in [0.2, 0.25) is 0 Å². The average Bonchev–Trinajstić information content (AvgIpc) is 3.32. The number of aryl methyl sites for hydroxylation is 1. The van der Waals surface area contributed by atoms with E-state index in [0.29, 0.717) is 18.4 Å². The molecule has 0 saturated carbocycles. The number of hydrogen-bond acceptors (Lipinski definition) is 9. The van der Waals surface area contributed by atoms with Crippen LogP contribution in [-0.2, 0) is 30.3 Å². The first kappa shape index (κ1) is 26.1. The van der Waals surface area contributed by atoms with Crippen molar-refractivity contribution in [2.75, 3.05) is 38.1 Å². The number of nitrogens with zero attached hydrogens (tertiary/aromatic N) is 4. The number of benzene rings is 1. The van der Waals surface area contributed by atoms with Crippen LogP contribution in [0, 0.1) is 6.92 Å². The molecule has 2 aliphatic rings. The molecule has 2 fully saturated rings. The molecular formula is C24H31N7O6. The molecule has 3 N–H and O–H groups in total. The maximum absolute atomic E-state index is 13.4. The van der Waals surface area contributed by atoms with Gasteiger partial charge in [0.2, 0.25) is 23.6 Å². The molecule has 13 nitrogen and oxygen atoms in total. The second-order valence-corrected chi connectivity index (χ2v) is 9.24. The summed E-state index contributed by atoms with van der Waals surface area (Å²) < 4.78 is 11.1. The number of rotatable bonds is 3. The summed E-state index contributed by atoms with van der Waals surface area (Å²) in [6, 6.07) is 7.48. The first-order chi connectivity index (χ1) is 17.7. The Bertz CT molecular complexity index is 1140. The molecule has 1 aromatic carbocycles. The van der Waals surface area contributed by atoms with E-state index in [1.165, 1.54) is 11.9 Å². The number of fused-ring (bicyclic) bond motifs is 2. The summed E-state index contributed by atoms with van der Waals surface area (Å²) in [5.74, 6) is -1.20. The fourth-order valence-corrected chi connectivity index (χ4v) is 4.27. The lowest BCUT2D eigenvalue weighted by Gasteiger charge is -2.37. The van der Waals surface area contributed by atoms with Crippen LogP contribution in [0.1, 0.15) is 18.4 Å². The van der Waals surface area contributed by atoms with Gasteiger partial charge in [0.1, 0.15) is 12.1 Å². The van der Waals surface area contributed by atoms with E-state index < -0.39 is 47.9 Å². The molecule has 4 atom stereocenters. The second-order valence-electron chi connectivity index (χ2n) is 9.24. The fraction of sp³-hybridized carbons (Fsp3) is 0.500. The van der Waals surface area contributed by atoms with Gasteiger partial charge >= 0.3 is 0 Å². The van der Waals surface area contributed by atoms with Gasteiger partial charge in [0.15, 0.2) is 6.10 Å². The molecule has 4 rings (SSSR count). The van der Waals surface area contributed by atoms with Crippen molar-refractivity contribution in [3.8, 4) is 0 Å². The first-order valence-electron chi connectivity index (χ1n) is 12.1. The number of ether oxygens (including phenoxy) is 1. The Labute approximate surface area is 213 Å². The number of morpholine rings is 1. The summed E-state index contributed by atoms with van der Waals surface area (Å²) in [6.07, 6.45) is -1.35. The molecule has 3 heterocycles. The summed E-state index contributed by atoms with van der Waals surface area (Å²) in [6.45, 7) is 3.43. The minimum Gasteiger partial charge on any atom is -0.360 e. The third kappa shape index (κ3) is 6.61. The summed E-state index contributed by atoms with van der Waals surface area (Å²) in [4.78, 5) is 59.1. The lowest BCUT2D eigenvalue weighted by atomic mass is 10.0. The van der Waals surface area contributed by atoms with E-state index in [4.69, 9.17) is 9.26 Å². The van der Waals surface area contributed by atoms with Gasteiger partial charge in [-0.25, -0.2) is 0 Å². The number of hydrogen-bond donors (Lipinski definition) is 3. The van der Waals surface area contributed by atoms with Crippen LogP contribution in [0.5, 0.6) is 0 Å². The molecule has 37 heavy (non-hydrogen) atoms. The van der Waals surface area contributed by atoms with E-state index in [2.05, 4.69) is 26.1 Å². The maximum atomic E-state index is 13.4. The van der Waals surface area contributed by atoms with Crippen LogP contribution in [0.4, 0.5) is 5.95 Å². The highest BCUT2D eigenvalue weighted by Gasteiger charge is 2.37. The van der Waals surface area contributed by atoms with Crippen molar-refractivity contribution in [2.45, 2.75) is 44.6 Å². The van der Waals surface area contributed by atoms with E-state index in [1.54, 1.807) is 18.7 Å². The number of carbonyl (C=O) groups excluding carboxylic acids is 4. The molecule has 2 saturated heterocycles. The Morgan fingerprint density at radius 2 is 1.81 bits per heavy atom. The van der Waals surface area contributed by atoms with E-state index in [-0.39, 0.29) is 26.1 Å². The summed E-state index contributed by atoms with van der Waals surface area (Å²) in [5, 5.41) is 12.1. The molecular weight excluding hydrogens is 482 g/mol. The minimum absolute atomic E-state index is 0.0857. The smallest absolute Gasteiger partial charge is 0.266 e. The number of aromatic nitrogens is 2. The Hall–Kier alpha value is -4.00. The Kier molecular flexibility index (Phi) is 8.01. The molecule has 198 valence electrons. The van der Waals surface area contributed by atoms with Gasteiger partial charge < -0.3 is 35.0 Å². The van der Waals surface area contributed by atoms with Crippen molar-refractivity contribution in [3.63, 3.8) is 0 Å². The van der Waals surface area contributed by atoms with Gasteiger partial charge in [0.25, 0.3) is 11.9 Å². The zero-order valence-corrected chi connectivity index (χ0v) is 21.0. The second kappa shape index (κ2) is 11.4. The van der Waals surface area contributed by atoms with Gasteiger partial charge in [-0.2, -0.15) is 4.98 Å². The predicted octanol–water partition coefficient (Wildman–Crippen LogP) is -1.23. The van der Waals surface area contributed by atoms with Gasteiger partial charge in [-0.15, -0.1) is 0 Å². The molecule has 1 aromatic heterocycles. The van der Waals surface area contributed by atoms with Crippen LogP contribution < -0.4 is 20.9 Å². The number of anilines is 1. The third-order valence-corrected chi connectivity index (χ3v) is 6.19. The van der Waals surface area contributed by atoms with Crippen molar-refractivity contribution >= 4 is 29.6 Å². The van der Waals surface area contributed by atoms with Gasteiger partial charge in [0, 0.05) is 33.5 Å². The normalized spacial score (nSPS) is 26.0. The molecule has 2 aromatic rings. The van der Waals surface area contributed by atoms with Gasteiger partial charge in [-0.1, -0.05) is 30.3 Å². The van der Waals surface area contributed by atoms with Crippen molar-refractivity contribution in [1.29, 1.82) is 0 Å². The quantitative estimate of drug-likeness (QED) is 0.457. The Morgan fingerprint density at radius 3 is 2.51 bits per heavy atom. The van der Waals surface area contributed by atoms with Crippen LogP contribution >= 0.6 is 0 Å². The van der Waals surface area contributed by atoms with Crippen LogP contribution in [0.3, 0.4) is 0 Å². The van der Waals surface area contributed by atoms with Crippen molar-refractivity contribution in [1.82, 2.24) is 31.0 Å². The highest BCUT2D eigenvalue weighted by atomic mass is 16.5. The van der Waals surface area contributed by atoms with E-state index in [1.807, 2.05) is 30.3 Å². The molecule has 4 amide bonds. The summed E-state index contributed by atoms with van der Waals surface area (Å²) in [7, 11) is 1.47. The number of likely N-dealkylation sites (N-methyl/N-ethyl adjacent to an activating group) is 1. The zero-order valence-electron chi connectivity index (χ0n) is 21.0. The zero-order chi connectivity index (χ0) is 26.5. The predicted molar refractivity (Wildman–Crippen MR) is 130 cm³/mol. The van der Waals surface area contributed by atoms with Crippen LogP contribution in [0.25, 0.3) is 0 Å². The third-order valence-electron chi connectivity index (χ3n) is 6.19. The van der Waals surface area contributed by atoms with Crippen molar-refractivity contribution in [3.05, 3.63) is 41.8 Å². The maximum Gasteiger partial charge on any atom is 0.266 e. The monoisotopic (exact) mass is 513 g/mol. The number of nitrogens with one attached hydrogen (secondary N) is 3. The fourth-order valence-electron chi connectivity index (χ4n) is 4.27. The van der Waals surface area contributed by atoms with Crippen LogP contribution in [-0.4, -0.2) is 96.2 Å². The van der Waals surface area contributed by atoms with Gasteiger partial charge in [-0.3, -0.25) is 19.2 Å². The topological polar surface area (TPSA) is 159 Å². The molecule has 0 aliphatic carbocycles. The minimum atomic E-state index is -0.979. The van der Waals surface area contributed by atoms with E-state index in [0.717, 1.165) is 5.56 Å². The largest absolute Gasteiger partial charge is 0.360 e. The first-order valence-corrected chi connectivity index (χ1v) is 12.1. The van der Waals surface area contributed by atoms with Crippen molar-refractivity contribution in [2.24, 2.45) is 0 Å². The molecule has 0 spiro atoms. The van der Waals surface area contributed by atoms with Gasteiger partial charge in [-0.05, 0) is 17.6 Å². The lowest BCUT2D eigenvalue weighted by Crippen LogP contribution is -2.59. The van der Waals surface area contributed by atoms with E-state index >= 15 is 0 Å². The molecule has 2 bridgehead atoms. The summed E-state index contributed by atoms with van der Waals surface area (Å²) in [5.41, 5.74) is 0.840. The number of amides is 4. The lowest BCUT2D eigenvalue weighted by molar-refractivity contribution is -0.143. The Balaban J connectivity index is 1.62. The highest BCUT2D eigenvalue weighted by Crippen LogP contribution is 2.18. The average molecular weight is 514 g/mol. The van der Waals surface area contributed by atoms with Crippen LogP contribution in [0.15, 0.2) is 34.9 Å². The Morgan fingerprint density at radius 1 is 1.05 bits per heavy atom. The molecule has 0 unspecified atom stereocenters. The highest BCUT2D eigenvalue weighted by molar-refractivity contribution is 5.93. The molecule has 0 radical (unpaired) electrons. The molecule has 13 heteroatoms. The van der Waals surface area contributed by atoms with E-state index in [9.17, 15) is 19.2 Å². The van der Waals surface area contributed by atoms with Crippen molar-refractivity contribution < 1.29 is 28.4 Å². The van der Waals surface area contributed by atoms with Gasteiger partial charge in [0.05, 0.1) is 19.2 Å². The number of carbonyl (C=O) groups is 4. The SMILES string of the molecule is Cc1nc(N2C[C@@H]3CNC(=O)[C@@H](C)NC(=O)CN(C)C(=O)[C@@H](Cc4ccccc4)NC(=O)[C@@H](C2)O3)no1.